The Bertz CT molecular complexity index is 360. The molecule has 1 aromatic rings. The van der Waals surface area contributed by atoms with Gasteiger partial charge in [-0.2, -0.15) is 4.98 Å². The van der Waals surface area contributed by atoms with E-state index in [0.29, 0.717) is 13.0 Å². The Hall–Kier alpha value is -1.47. The van der Waals surface area contributed by atoms with Gasteiger partial charge in [-0.1, -0.05) is 0 Å². The van der Waals surface area contributed by atoms with E-state index in [1.54, 1.807) is 0 Å². The summed E-state index contributed by atoms with van der Waals surface area (Å²) in [6, 6.07) is 0. The molecule has 0 radical (unpaired) electrons. The number of nitrogens with zero attached hydrogens (tertiary/aromatic N) is 3. The van der Waals surface area contributed by atoms with Crippen molar-refractivity contribution in [3.63, 3.8) is 0 Å². The Morgan fingerprint density at radius 1 is 1.67 bits per heavy atom. The standard InChI is InChI=1S/C7H9ClN4O3/c8-7-10-4-5(12(14)15)6(11-7)9-2-1-3-13/h4,13H,1-3H2,(H,9,10,11). The fourth-order valence-corrected chi connectivity index (χ4v) is 1.04. The van der Waals surface area contributed by atoms with Gasteiger partial charge in [0.1, 0.15) is 6.20 Å². The predicted molar refractivity (Wildman–Crippen MR) is 53.9 cm³/mol. The third kappa shape index (κ3) is 3.30. The van der Waals surface area contributed by atoms with Gasteiger partial charge in [-0.3, -0.25) is 10.1 Å². The van der Waals surface area contributed by atoms with Crippen molar-refractivity contribution in [2.24, 2.45) is 0 Å². The van der Waals surface area contributed by atoms with E-state index in [2.05, 4.69) is 15.3 Å². The first-order valence-electron chi connectivity index (χ1n) is 4.17. The van der Waals surface area contributed by atoms with E-state index in [-0.39, 0.29) is 23.4 Å². The van der Waals surface area contributed by atoms with Crippen LogP contribution in [0.25, 0.3) is 0 Å². The Morgan fingerprint density at radius 3 is 3.00 bits per heavy atom. The molecular weight excluding hydrogens is 224 g/mol. The average Bonchev–Trinajstić information content (AvgIpc) is 2.18. The Morgan fingerprint density at radius 2 is 2.40 bits per heavy atom. The molecule has 0 aromatic carbocycles. The highest BCUT2D eigenvalue weighted by Crippen LogP contribution is 2.21. The van der Waals surface area contributed by atoms with Crippen LogP contribution < -0.4 is 5.32 Å². The summed E-state index contributed by atoms with van der Waals surface area (Å²) in [5, 5.41) is 21.7. The fourth-order valence-electron chi connectivity index (χ4n) is 0.903. The van der Waals surface area contributed by atoms with Gasteiger partial charge in [0.15, 0.2) is 0 Å². The largest absolute Gasteiger partial charge is 0.396 e. The molecule has 0 fully saturated rings. The minimum atomic E-state index is -0.600. The lowest BCUT2D eigenvalue weighted by Crippen LogP contribution is -2.08. The SMILES string of the molecule is O=[N+]([O-])c1cnc(Cl)nc1NCCCO. The zero-order valence-electron chi connectivity index (χ0n) is 7.68. The predicted octanol–water partition coefficient (Wildman–Crippen LogP) is 0.832. The lowest BCUT2D eigenvalue weighted by atomic mass is 10.4. The van der Waals surface area contributed by atoms with Gasteiger partial charge in [0.05, 0.1) is 4.92 Å². The van der Waals surface area contributed by atoms with Crippen LogP contribution >= 0.6 is 11.6 Å². The number of nitro groups is 1. The van der Waals surface area contributed by atoms with Crippen LogP contribution in [0.2, 0.25) is 5.28 Å². The molecule has 82 valence electrons. The van der Waals surface area contributed by atoms with Crippen LogP contribution in [0.4, 0.5) is 11.5 Å². The molecule has 7 nitrogen and oxygen atoms in total. The highest BCUT2D eigenvalue weighted by Gasteiger charge is 2.15. The van der Waals surface area contributed by atoms with Crippen LogP contribution in [-0.4, -0.2) is 33.1 Å². The third-order valence-electron chi connectivity index (χ3n) is 1.56. The van der Waals surface area contributed by atoms with Crippen LogP contribution in [0.15, 0.2) is 6.20 Å². The van der Waals surface area contributed by atoms with Crippen molar-refractivity contribution in [3.05, 3.63) is 21.6 Å². The molecule has 0 aliphatic carbocycles. The van der Waals surface area contributed by atoms with Gasteiger partial charge in [0.2, 0.25) is 11.1 Å². The van der Waals surface area contributed by atoms with Gasteiger partial charge in [0, 0.05) is 13.2 Å². The molecule has 1 rings (SSSR count). The second-order valence-corrected chi connectivity index (χ2v) is 2.97. The number of halogens is 1. The van der Waals surface area contributed by atoms with E-state index in [1.807, 2.05) is 0 Å². The second-order valence-electron chi connectivity index (χ2n) is 2.63. The van der Waals surface area contributed by atoms with Gasteiger partial charge >= 0.3 is 5.69 Å². The van der Waals surface area contributed by atoms with Crippen LogP contribution in [-0.2, 0) is 0 Å². The molecule has 0 saturated carbocycles. The maximum atomic E-state index is 10.6. The number of nitrogens with one attached hydrogen (secondary N) is 1. The molecule has 0 aliphatic heterocycles. The number of aliphatic hydroxyl groups excluding tert-OH is 1. The van der Waals surface area contributed by atoms with Gasteiger partial charge in [-0.25, -0.2) is 4.98 Å². The quantitative estimate of drug-likeness (QED) is 0.338. The van der Waals surface area contributed by atoms with Crippen molar-refractivity contribution in [1.82, 2.24) is 9.97 Å². The number of hydrogen-bond donors (Lipinski definition) is 2. The molecule has 0 unspecified atom stereocenters. The first-order valence-corrected chi connectivity index (χ1v) is 4.54. The summed E-state index contributed by atoms with van der Waals surface area (Å²) in [5.41, 5.74) is -0.239. The Kier molecular flexibility index (Phi) is 4.19. The first-order chi connectivity index (χ1) is 7.15. The molecule has 1 aromatic heterocycles. The van der Waals surface area contributed by atoms with Crippen LogP contribution in [0, 0.1) is 10.1 Å². The van der Waals surface area contributed by atoms with Crippen LogP contribution in [0.1, 0.15) is 6.42 Å². The maximum Gasteiger partial charge on any atom is 0.329 e. The molecule has 15 heavy (non-hydrogen) atoms. The first kappa shape index (κ1) is 11.6. The lowest BCUT2D eigenvalue weighted by molar-refractivity contribution is -0.384. The fraction of sp³-hybridized carbons (Fsp3) is 0.429. The van der Waals surface area contributed by atoms with Crippen molar-refractivity contribution >= 4 is 23.1 Å². The smallest absolute Gasteiger partial charge is 0.329 e. The van der Waals surface area contributed by atoms with Gasteiger partial charge in [-0.15, -0.1) is 0 Å². The Balaban J connectivity index is 2.82. The van der Waals surface area contributed by atoms with Gasteiger partial charge in [-0.05, 0) is 18.0 Å². The summed E-state index contributed by atoms with van der Waals surface area (Å²) in [5.74, 6) is 0.0634. The molecule has 0 saturated heterocycles. The number of anilines is 1. The minimum absolute atomic E-state index is 0.000384. The summed E-state index contributed by atoms with van der Waals surface area (Å²) in [6.07, 6.45) is 1.51. The molecule has 0 spiro atoms. The summed E-state index contributed by atoms with van der Waals surface area (Å²) in [4.78, 5) is 17.2. The third-order valence-corrected chi connectivity index (χ3v) is 1.75. The lowest BCUT2D eigenvalue weighted by Gasteiger charge is -2.04. The number of rotatable bonds is 5. The van der Waals surface area contributed by atoms with E-state index in [1.165, 1.54) is 0 Å². The number of aromatic nitrogens is 2. The number of hydrogen-bond acceptors (Lipinski definition) is 6. The Labute approximate surface area is 90.3 Å². The highest BCUT2D eigenvalue weighted by atomic mass is 35.5. The molecule has 0 aliphatic rings. The summed E-state index contributed by atoms with van der Waals surface area (Å²) in [6.45, 7) is 0.379. The molecule has 0 bridgehead atoms. The normalized spacial score (nSPS) is 10.0. The van der Waals surface area contributed by atoms with Crippen molar-refractivity contribution in [1.29, 1.82) is 0 Å². The van der Waals surface area contributed by atoms with Crippen molar-refractivity contribution in [2.45, 2.75) is 6.42 Å². The van der Waals surface area contributed by atoms with Crippen molar-refractivity contribution in [2.75, 3.05) is 18.5 Å². The van der Waals surface area contributed by atoms with Crippen LogP contribution in [0.3, 0.4) is 0 Å². The van der Waals surface area contributed by atoms with E-state index >= 15 is 0 Å². The molecule has 2 N–H and O–H groups in total. The van der Waals surface area contributed by atoms with Gasteiger partial charge in [0.25, 0.3) is 0 Å². The zero-order valence-corrected chi connectivity index (χ0v) is 8.44. The summed E-state index contributed by atoms with van der Waals surface area (Å²) < 4.78 is 0. The van der Waals surface area contributed by atoms with Gasteiger partial charge < -0.3 is 10.4 Å². The summed E-state index contributed by atoms with van der Waals surface area (Å²) >= 11 is 5.50. The molecule has 0 amide bonds. The average molecular weight is 233 g/mol. The second kappa shape index (κ2) is 5.42. The molecule has 1 heterocycles. The van der Waals surface area contributed by atoms with Crippen molar-refractivity contribution < 1.29 is 10.0 Å². The number of aliphatic hydroxyl groups is 1. The topological polar surface area (TPSA) is 101 Å². The molecule has 8 heteroatoms. The molecule has 0 atom stereocenters. The van der Waals surface area contributed by atoms with Crippen LogP contribution in [0.5, 0.6) is 0 Å². The van der Waals surface area contributed by atoms with E-state index < -0.39 is 4.92 Å². The highest BCUT2D eigenvalue weighted by molar-refractivity contribution is 6.28. The van der Waals surface area contributed by atoms with E-state index in [0.717, 1.165) is 6.20 Å². The zero-order chi connectivity index (χ0) is 11.3. The van der Waals surface area contributed by atoms with Crippen molar-refractivity contribution in [3.8, 4) is 0 Å². The van der Waals surface area contributed by atoms with E-state index in [9.17, 15) is 10.1 Å². The van der Waals surface area contributed by atoms with E-state index in [4.69, 9.17) is 16.7 Å². The minimum Gasteiger partial charge on any atom is -0.396 e. The maximum absolute atomic E-state index is 10.6. The summed E-state index contributed by atoms with van der Waals surface area (Å²) in [7, 11) is 0. The molecular formula is C7H9ClN4O3. The monoisotopic (exact) mass is 232 g/mol.